The number of carbonyl (C=O) groups is 3. The maximum absolute atomic E-state index is 13.1. The molecule has 2 aliphatic rings. The molecule has 3 aromatic carbocycles. The molecule has 0 saturated carbocycles. The minimum atomic E-state index is -1.04. The van der Waals surface area contributed by atoms with Gasteiger partial charge in [0.05, 0.1) is 43.8 Å². The summed E-state index contributed by atoms with van der Waals surface area (Å²) < 4.78 is 19.6. The zero-order valence-corrected chi connectivity index (χ0v) is 25.9. The molecular weight excluding hydrogens is 635 g/mol. The Morgan fingerprint density at radius 2 is 1.67 bits per heavy atom. The summed E-state index contributed by atoms with van der Waals surface area (Å²) >= 11 is 12.4. The minimum absolute atomic E-state index is 0.0385. The van der Waals surface area contributed by atoms with Gasteiger partial charge in [0.15, 0.2) is 11.4 Å². The first kappa shape index (κ1) is 31.7. The van der Waals surface area contributed by atoms with E-state index < -0.39 is 30.2 Å². The summed E-state index contributed by atoms with van der Waals surface area (Å²) in [7, 11) is 0. The number of aliphatic hydroxyl groups excluding tert-OH is 1. The molecule has 2 saturated heterocycles. The zero-order valence-electron chi connectivity index (χ0n) is 24.4. The number of imidazole rings is 1. The number of aromatic nitrogens is 2. The summed E-state index contributed by atoms with van der Waals surface area (Å²) in [6.07, 6.45) is -0.371. The number of aliphatic hydroxyl groups is 1. The molecular formula is C33H30Cl2N4O7. The summed E-state index contributed by atoms with van der Waals surface area (Å²) in [6.45, 7) is 0.348. The Morgan fingerprint density at radius 3 is 2.35 bits per heavy atom. The molecule has 13 heteroatoms. The van der Waals surface area contributed by atoms with Crippen molar-refractivity contribution in [2.75, 3.05) is 4.90 Å². The molecule has 1 unspecified atom stereocenters. The molecule has 0 radical (unpaired) electrons. The third-order valence-corrected chi connectivity index (χ3v) is 8.59. The van der Waals surface area contributed by atoms with Crippen molar-refractivity contribution in [1.29, 1.82) is 0 Å². The number of nitrogens with one attached hydrogen (secondary N) is 1. The predicted molar refractivity (Wildman–Crippen MR) is 168 cm³/mol. The Hall–Kier alpha value is -4.26. The monoisotopic (exact) mass is 664 g/mol. The maximum atomic E-state index is 13.1. The molecule has 6 rings (SSSR count). The number of alkyl carbamates (subject to hydrolysis) is 1. The van der Waals surface area contributed by atoms with Crippen LogP contribution >= 0.6 is 23.2 Å². The molecule has 2 N–H and O–H groups in total. The first-order chi connectivity index (χ1) is 22.3. The van der Waals surface area contributed by atoms with Crippen LogP contribution in [0, 0.1) is 0 Å². The van der Waals surface area contributed by atoms with E-state index in [1.165, 1.54) is 0 Å². The number of halogens is 2. The highest BCUT2D eigenvalue weighted by molar-refractivity contribution is 6.40. The number of nitrogens with zero attached hydrogens (tertiary/aromatic N) is 3. The Kier molecular flexibility index (Phi) is 9.67. The van der Waals surface area contributed by atoms with Gasteiger partial charge in [0.1, 0.15) is 17.8 Å². The van der Waals surface area contributed by atoms with Gasteiger partial charge in [-0.1, -0.05) is 89.9 Å². The zero-order chi connectivity index (χ0) is 32.2. The molecule has 2 fully saturated rings. The average Bonchev–Trinajstić information content (AvgIpc) is 3.55. The van der Waals surface area contributed by atoms with Crippen molar-refractivity contribution >= 4 is 46.8 Å². The van der Waals surface area contributed by atoms with E-state index >= 15 is 0 Å². The van der Waals surface area contributed by atoms with E-state index in [-0.39, 0.29) is 37.0 Å². The minimum Gasteiger partial charge on any atom is -0.445 e. The Morgan fingerprint density at radius 1 is 0.957 bits per heavy atom. The second-order valence-electron chi connectivity index (χ2n) is 11.0. The van der Waals surface area contributed by atoms with E-state index in [4.69, 9.17) is 37.4 Å². The van der Waals surface area contributed by atoms with Crippen molar-refractivity contribution < 1.29 is 33.7 Å². The van der Waals surface area contributed by atoms with Crippen molar-refractivity contribution in [2.45, 2.75) is 57.1 Å². The molecule has 4 atom stereocenters. The van der Waals surface area contributed by atoms with Crippen LogP contribution < -0.4 is 10.2 Å². The van der Waals surface area contributed by atoms with Gasteiger partial charge in [0.2, 0.25) is 5.91 Å². The smallest absolute Gasteiger partial charge is 0.408 e. The van der Waals surface area contributed by atoms with Gasteiger partial charge < -0.3 is 29.2 Å². The van der Waals surface area contributed by atoms with Gasteiger partial charge in [-0.3, -0.25) is 9.59 Å². The van der Waals surface area contributed by atoms with E-state index in [0.717, 1.165) is 21.6 Å². The van der Waals surface area contributed by atoms with Crippen molar-refractivity contribution in [3.8, 4) is 0 Å². The Balaban J connectivity index is 1.14. The number of amides is 3. The first-order valence-corrected chi connectivity index (χ1v) is 15.4. The topological polar surface area (TPSA) is 132 Å². The molecule has 3 heterocycles. The number of anilines is 1. The number of carbonyl (C=O) groups excluding carboxylic acids is 3. The highest BCUT2D eigenvalue weighted by Crippen LogP contribution is 2.39. The van der Waals surface area contributed by atoms with E-state index in [1.54, 1.807) is 35.2 Å². The number of ether oxygens (including phenoxy) is 3. The summed E-state index contributed by atoms with van der Waals surface area (Å²) in [6, 6.07) is 22.3. The third kappa shape index (κ3) is 7.09. The lowest BCUT2D eigenvalue weighted by molar-refractivity contribution is -0.252. The lowest BCUT2D eigenvalue weighted by atomic mass is 10.00. The summed E-state index contributed by atoms with van der Waals surface area (Å²) in [4.78, 5) is 43.4. The molecule has 0 bridgehead atoms. The third-order valence-electron chi connectivity index (χ3n) is 7.82. The first-order valence-electron chi connectivity index (χ1n) is 14.6. The number of imide groups is 1. The number of hydrogen-bond donors (Lipinski definition) is 2. The second-order valence-corrected chi connectivity index (χ2v) is 11.7. The van der Waals surface area contributed by atoms with E-state index in [1.807, 2.05) is 54.6 Å². The highest BCUT2D eigenvalue weighted by Gasteiger charge is 2.41. The van der Waals surface area contributed by atoms with Crippen molar-refractivity contribution in [3.05, 3.63) is 118 Å². The van der Waals surface area contributed by atoms with Crippen LogP contribution in [0.15, 0.2) is 85.2 Å². The molecule has 238 valence electrons. The fraction of sp³-hybridized carbons (Fsp3) is 0.273. The van der Waals surface area contributed by atoms with Crippen LogP contribution in [0.25, 0.3) is 0 Å². The SMILES string of the molecule is O=C(NC1CC(=O)N(c2ccc([C@@H]3O[C@H](Cn4cnc(Cl)c4Cl)C[C@H](c4ccc(CO)cc4)O3)cc2)C1=O)OCc1ccccc1. The second kappa shape index (κ2) is 14.0. The van der Waals surface area contributed by atoms with Crippen LogP contribution in [0.5, 0.6) is 0 Å². The maximum Gasteiger partial charge on any atom is 0.408 e. The normalized spacial score (nSPS) is 21.4. The molecule has 0 aliphatic carbocycles. The fourth-order valence-electron chi connectivity index (χ4n) is 5.43. The van der Waals surface area contributed by atoms with Gasteiger partial charge in [0.25, 0.3) is 5.91 Å². The van der Waals surface area contributed by atoms with Gasteiger partial charge in [0, 0.05) is 12.0 Å². The molecule has 1 aromatic heterocycles. The fourth-order valence-corrected chi connectivity index (χ4v) is 5.74. The van der Waals surface area contributed by atoms with Gasteiger partial charge in [-0.15, -0.1) is 0 Å². The molecule has 3 amide bonds. The quantitative estimate of drug-likeness (QED) is 0.225. The van der Waals surface area contributed by atoms with Gasteiger partial charge >= 0.3 is 6.09 Å². The van der Waals surface area contributed by atoms with Gasteiger partial charge in [-0.25, -0.2) is 14.7 Å². The molecule has 2 aliphatic heterocycles. The lowest BCUT2D eigenvalue weighted by Crippen LogP contribution is -2.42. The summed E-state index contributed by atoms with van der Waals surface area (Å²) in [5, 5.41) is 12.5. The summed E-state index contributed by atoms with van der Waals surface area (Å²) in [5.41, 5.74) is 3.51. The summed E-state index contributed by atoms with van der Waals surface area (Å²) in [5.74, 6) is -1.000. The van der Waals surface area contributed by atoms with Crippen molar-refractivity contribution in [2.24, 2.45) is 0 Å². The average molecular weight is 666 g/mol. The Bertz CT molecular complexity index is 1700. The predicted octanol–water partition coefficient (Wildman–Crippen LogP) is 5.49. The van der Waals surface area contributed by atoms with Crippen LogP contribution in [0.4, 0.5) is 10.5 Å². The van der Waals surface area contributed by atoms with Gasteiger partial charge in [-0.2, -0.15) is 0 Å². The standard InChI is InChI=1S/C33H30Cl2N4O7/c34-29-30(35)38(19-36-29)16-25-14-27(22-8-6-20(17-40)7-9-22)46-32(45-25)23-10-12-24(13-11-23)39-28(41)15-26(31(39)42)37-33(43)44-18-21-4-2-1-3-5-21/h1-13,19,25-27,32,40H,14-18H2,(H,37,43)/t25-,26?,27+,32+/m0/s1. The highest BCUT2D eigenvalue weighted by atomic mass is 35.5. The number of benzene rings is 3. The van der Waals surface area contributed by atoms with Crippen molar-refractivity contribution in [1.82, 2.24) is 14.9 Å². The van der Waals surface area contributed by atoms with Gasteiger partial charge in [-0.05, 0) is 28.8 Å². The van der Waals surface area contributed by atoms with E-state index in [0.29, 0.717) is 29.4 Å². The Labute approximate surface area is 274 Å². The lowest BCUT2D eigenvalue weighted by Gasteiger charge is -2.36. The molecule has 11 nitrogen and oxygen atoms in total. The van der Waals surface area contributed by atoms with Crippen LogP contribution in [0.2, 0.25) is 10.3 Å². The molecule has 46 heavy (non-hydrogen) atoms. The van der Waals surface area contributed by atoms with Crippen LogP contribution in [0.3, 0.4) is 0 Å². The van der Waals surface area contributed by atoms with Crippen LogP contribution in [-0.2, 0) is 43.6 Å². The molecule has 0 spiro atoms. The van der Waals surface area contributed by atoms with Crippen LogP contribution in [0.1, 0.15) is 47.5 Å². The molecule has 4 aromatic rings. The number of rotatable bonds is 9. The van der Waals surface area contributed by atoms with Crippen LogP contribution in [-0.4, -0.2) is 44.7 Å². The van der Waals surface area contributed by atoms with E-state index in [9.17, 15) is 19.5 Å². The number of hydrogen-bond acceptors (Lipinski definition) is 8. The van der Waals surface area contributed by atoms with E-state index in [2.05, 4.69) is 10.3 Å². The largest absolute Gasteiger partial charge is 0.445 e. The van der Waals surface area contributed by atoms with Crippen molar-refractivity contribution in [3.63, 3.8) is 0 Å².